The molecular formula is C14H16N2O2S. The minimum atomic E-state index is -2.90. The number of fused-ring (bicyclic) bond motifs is 1. The highest BCUT2D eigenvalue weighted by Gasteiger charge is 2.33. The third-order valence-electron chi connectivity index (χ3n) is 3.85. The van der Waals surface area contributed by atoms with E-state index in [4.69, 9.17) is 5.73 Å². The molecular weight excluding hydrogens is 260 g/mol. The lowest BCUT2D eigenvalue weighted by atomic mass is 9.90. The molecule has 0 radical (unpaired) electrons. The molecule has 100 valence electrons. The summed E-state index contributed by atoms with van der Waals surface area (Å²) in [5.41, 5.74) is 7.29. The number of hydrogen-bond donors (Lipinski definition) is 1. The molecule has 0 aliphatic carbocycles. The lowest BCUT2D eigenvalue weighted by molar-refractivity contribution is 0.482. The molecule has 1 saturated heterocycles. The number of aromatic nitrogens is 1. The summed E-state index contributed by atoms with van der Waals surface area (Å²) in [6.07, 6.45) is 4.20. The first-order valence-electron chi connectivity index (χ1n) is 6.35. The Morgan fingerprint density at radius 2 is 2.16 bits per heavy atom. The molecule has 0 amide bonds. The molecule has 1 fully saturated rings. The molecule has 5 heteroatoms. The molecule has 19 heavy (non-hydrogen) atoms. The average molecular weight is 276 g/mol. The third-order valence-corrected chi connectivity index (χ3v) is 5.65. The van der Waals surface area contributed by atoms with Crippen LogP contribution in [-0.4, -0.2) is 24.9 Å². The largest absolute Gasteiger partial charge is 0.324 e. The van der Waals surface area contributed by atoms with Crippen LogP contribution in [0, 0.1) is 5.92 Å². The van der Waals surface area contributed by atoms with E-state index >= 15 is 0 Å². The van der Waals surface area contributed by atoms with Crippen LogP contribution in [0.15, 0.2) is 36.7 Å². The van der Waals surface area contributed by atoms with Gasteiger partial charge in [0.15, 0.2) is 9.84 Å². The van der Waals surface area contributed by atoms with Gasteiger partial charge >= 0.3 is 0 Å². The predicted molar refractivity (Wildman–Crippen MR) is 75.4 cm³/mol. The Morgan fingerprint density at radius 3 is 2.89 bits per heavy atom. The molecule has 0 bridgehead atoms. The summed E-state index contributed by atoms with van der Waals surface area (Å²) >= 11 is 0. The van der Waals surface area contributed by atoms with Crippen LogP contribution in [0.4, 0.5) is 0 Å². The fraction of sp³-hybridized carbons (Fsp3) is 0.357. The van der Waals surface area contributed by atoms with Crippen molar-refractivity contribution in [2.75, 3.05) is 11.5 Å². The molecule has 3 rings (SSSR count). The van der Waals surface area contributed by atoms with Gasteiger partial charge in [-0.25, -0.2) is 8.42 Å². The second kappa shape index (κ2) is 4.58. The number of sulfone groups is 1. The Balaban J connectivity index is 2.00. The quantitative estimate of drug-likeness (QED) is 0.905. The Kier molecular flexibility index (Phi) is 3.03. The van der Waals surface area contributed by atoms with E-state index in [1.54, 1.807) is 12.4 Å². The van der Waals surface area contributed by atoms with E-state index in [0.717, 1.165) is 16.3 Å². The van der Waals surface area contributed by atoms with E-state index in [-0.39, 0.29) is 23.5 Å². The smallest absolute Gasteiger partial charge is 0.150 e. The summed E-state index contributed by atoms with van der Waals surface area (Å²) in [7, 11) is -2.90. The average Bonchev–Trinajstić information content (AvgIpc) is 2.78. The van der Waals surface area contributed by atoms with Crippen LogP contribution in [0.25, 0.3) is 10.8 Å². The highest BCUT2D eigenvalue weighted by atomic mass is 32.2. The van der Waals surface area contributed by atoms with Crippen molar-refractivity contribution < 1.29 is 8.42 Å². The lowest BCUT2D eigenvalue weighted by Gasteiger charge is -2.19. The van der Waals surface area contributed by atoms with E-state index < -0.39 is 9.84 Å². The van der Waals surface area contributed by atoms with Gasteiger partial charge in [-0.05, 0) is 29.4 Å². The van der Waals surface area contributed by atoms with Crippen molar-refractivity contribution in [2.45, 2.75) is 12.5 Å². The highest BCUT2D eigenvalue weighted by molar-refractivity contribution is 7.91. The van der Waals surface area contributed by atoms with Gasteiger partial charge in [-0.1, -0.05) is 18.2 Å². The van der Waals surface area contributed by atoms with Gasteiger partial charge in [-0.15, -0.1) is 0 Å². The molecule has 2 atom stereocenters. The summed E-state index contributed by atoms with van der Waals surface area (Å²) < 4.78 is 23.1. The maximum Gasteiger partial charge on any atom is 0.150 e. The Labute approximate surface area is 112 Å². The van der Waals surface area contributed by atoms with Gasteiger partial charge in [0.05, 0.1) is 11.5 Å². The van der Waals surface area contributed by atoms with Crippen LogP contribution >= 0.6 is 0 Å². The van der Waals surface area contributed by atoms with Gasteiger partial charge in [0.25, 0.3) is 0 Å². The van der Waals surface area contributed by atoms with Crippen molar-refractivity contribution in [3.63, 3.8) is 0 Å². The van der Waals surface area contributed by atoms with Crippen molar-refractivity contribution in [2.24, 2.45) is 11.7 Å². The number of nitrogens with two attached hydrogens (primary N) is 1. The van der Waals surface area contributed by atoms with Gasteiger partial charge < -0.3 is 5.73 Å². The fourth-order valence-corrected chi connectivity index (χ4v) is 4.64. The standard InChI is InChI=1S/C14H16N2O2S/c15-14(11-5-7-19(17,18)9-11)12-3-1-2-10-4-6-16-8-13(10)12/h1-4,6,8,11,14H,5,7,9,15H2. The molecule has 4 nitrogen and oxygen atoms in total. The maximum absolute atomic E-state index is 11.6. The normalized spacial score (nSPS) is 23.5. The van der Waals surface area contributed by atoms with Gasteiger partial charge in [-0.2, -0.15) is 0 Å². The van der Waals surface area contributed by atoms with Crippen molar-refractivity contribution in [3.05, 3.63) is 42.2 Å². The van der Waals surface area contributed by atoms with Gasteiger partial charge in [0, 0.05) is 23.8 Å². The van der Waals surface area contributed by atoms with Crippen molar-refractivity contribution in [3.8, 4) is 0 Å². The predicted octanol–water partition coefficient (Wildman–Crippen LogP) is 1.67. The van der Waals surface area contributed by atoms with Crippen molar-refractivity contribution >= 4 is 20.6 Å². The summed E-state index contributed by atoms with van der Waals surface area (Å²) in [5, 5.41) is 2.10. The van der Waals surface area contributed by atoms with Crippen LogP contribution in [0.5, 0.6) is 0 Å². The molecule has 2 heterocycles. The first kappa shape index (κ1) is 12.6. The highest BCUT2D eigenvalue weighted by Crippen LogP contribution is 2.32. The number of hydrogen-bond acceptors (Lipinski definition) is 4. The van der Waals surface area contributed by atoms with Crippen LogP contribution < -0.4 is 5.73 Å². The van der Waals surface area contributed by atoms with Crippen molar-refractivity contribution in [1.82, 2.24) is 4.98 Å². The maximum atomic E-state index is 11.6. The van der Waals surface area contributed by atoms with E-state index in [1.165, 1.54) is 0 Å². The van der Waals surface area contributed by atoms with Crippen LogP contribution in [-0.2, 0) is 9.84 Å². The summed E-state index contributed by atoms with van der Waals surface area (Å²) in [4.78, 5) is 4.14. The van der Waals surface area contributed by atoms with Crippen LogP contribution in [0.2, 0.25) is 0 Å². The number of nitrogens with zero attached hydrogens (tertiary/aromatic N) is 1. The molecule has 2 aromatic rings. The summed E-state index contributed by atoms with van der Waals surface area (Å²) in [6.45, 7) is 0. The van der Waals surface area contributed by atoms with Crippen LogP contribution in [0.1, 0.15) is 18.0 Å². The lowest BCUT2D eigenvalue weighted by Crippen LogP contribution is -2.22. The third kappa shape index (κ3) is 2.35. The molecule has 2 N–H and O–H groups in total. The molecule has 1 aromatic carbocycles. The zero-order valence-corrected chi connectivity index (χ0v) is 11.3. The van der Waals surface area contributed by atoms with E-state index in [2.05, 4.69) is 4.98 Å². The first-order valence-corrected chi connectivity index (χ1v) is 8.17. The number of benzene rings is 1. The minimum absolute atomic E-state index is 0.0100. The summed E-state index contributed by atoms with van der Waals surface area (Å²) in [5.74, 6) is 0.468. The second-order valence-corrected chi connectivity index (χ2v) is 7.36. The van der Waals surface area contributed by atoms with E-state index in [0.29, 0.717) is 6.42 Å². The topological polar surface area (TPSA) is 73.0 Å². The minimum Gasteiger partial charge on any atom is -0.324 e. The summed E-state index contributed by atoms with van der Waals surface area (Å²) in [6, 6.07) is 7.64. The van der Waals surface area contributed by atoms with E-state index in [9.17, 15) is 8.42 Å². The zero-order valence-electron chi connectivity index (χ0n) is 10.5. The molecule has 1 aliphatic rings. The SMILES string of the molecule is NC(c1cccc2ccncc12)C1CCS(=O)(=O)C1. The second-order valence-electron chi connectivity index (χ2n) is 5.13. The molecule has 1 aliphatic heterocycles. The molecule has 0 spiro atoms. The zero-order chi connectivity index (χ0) is 13.5. The molecule has 1 aromatic heterocycles. The first-order chi connectivity index (χ1) is 9.07. The Bertz CT molecular complexity index is 707. The monoisotopic (exact) mass is 276 g/mol. The van der Waals surface area contributed by atoms with Gasteiger partial charge in [0.2, 0.25) is 0 Å². The molecule has 0 saturated carbocycles. The van der Waals surface area contributed by atoms with Gasteiger partial charge in [0.1, 0.15) is 0 Å². The Morgan fingerprint density at radius 1 is 1.32 bits per heavy atom. The Hall–Kier alpha value is -1.46. The number of rotatable bonds is 2. The van der Waals surface area contributed by atoms with Crippen LogP contribution in [0.3, 0.4) is 0 Å². The van der Waals surface area contributed by atoms with E-state index in [1.807, 2.05) is 24.3 Å². The van der Waals surface area contributed by atoms with Crippen molar-refractivity contribution in [1.29, 1.82) is 0 Å². The number of pyridine rings is 1. The molecule has 2 unspecified atom stereocenters. The fourth-order valence-electron chi connectivity index (χ4n) is 2.79. The van der Waals surface area contributed by atoms with Gasteiger partial charge in [-0.3, -0.25) is 4.98 Å².